The number of benzene rings is 1. The lowest BCUT2D eigenvalue weighted by Gasteiger charge is -2.26. The number of carbonyl (C=O) groups is 1. The number of rotatable bonds is 6. The molecule has 1 aromatic carbocycles. The van der Waals surface area contributed by atoms with E-state index >= 15 is 0 Å². The van der Waals surface area contributed by atoms with Crippen molar-refractivity contribution in [2.24, 2.45) is 0 Å². The van der Waals surface area contributed by atoms with Gasteiger partial charge in [0.2, 0.25) is 5.91 Å². The molecule has 0 saturated carbocycles. The quantitative estimate of drug-likeness (QED) is 0.749. The molecule has 1 saturated heterocycles. The maximum absolute atomic E-state index is 12.0. The molecule has 1 atom stereocenters. The lowest BCUT2D eigenvalue weighted by atomic mass is 10.1. The first-order valence-corrected chi connectivity index (χ1v) is 8.52. The van der Waals surface area contributed by atoms with Crippen LogP contribution in [0, 0.1) is 0 Å². The van der Waals surface area contributed by atoms with Gasteiger partial charge in [-0.2, -0.15) is 0 Å². The molecule has 3 nitrogen and oxygen atoms in total. The van der Waals surface area contributed by atoms with Crippen LogP contribution in [0.3, 0.4) is 0 Å². The molecule has 1 aliphatic rings. The third-order valence-corrected chi connectivity index (χ3v) is 4.97. The number of thioether (sulfide) groups is 1. The third-order valence-electron chi connectivity index (χ3n) is 3.72. The molecule has 4 heteroatoms. The largest absolute Gasteiger partial charge is 0.372 e. The van der Waals surface area contributed by atoms with Crippen molar-refractivity contribution in [2.45, 2.75) is 26.1 Å². The van der Waals surface area contributed by atoms with E-state index in [9.17, 15) is 4.79 Å². The van der Waals surface area contributed by atoms with Crippen molar-refractivity contribution in [2.75, 3.05) is 30.3 Å². The lowest BCUT2D eigenvalue weighted by Crippen LogP contribution is -2.29. The van der Waals surface area contributed by atoms with E-state index in [-0.39, 0.29) is 11.3 Å². The minimum atomic E-state index is 0.125. The average molecular weight is 304 g/mol. The van der Waals surface area contributed by atoms with Crippen LogP contribution in [0.5, 0.6) is 0 Å². The molecule has 2 rings (SSSR count). The molecule has 1 amide bonds. The predicted molar refractivity (Wildman–Crippen MR) is 91.7 cm³/mol. The summed E-state index contributed by atoms with van der Waals surface area (Å²) in [4.78, 5) is 16.3. The maximum Gasteiger partial charge on any atom is 0.234 e. The van der Waals surface area contributed by atoms with Crippen molar-refractivity contribution in [3.8, 4) is 0 Å². The minimum Gasteiger partial charge on any atom is -0.372 e. The number of nitrogens with zero attached hydrogens (tertiary/aromatic N) is 2. The molecule has 114 valence electrons. The van der Waals surface area contributed by atoms with Gasteiger partial charge in [0, 0.05) is 25.3 Å². The summed E-state index contributed by atoms with van der Waals surface area (Å²) in [6.07, 6.45) is 0. The molecular weight excluding hydrogens is 280 g/mol. The van der Waals surface area contributed by atoms with Gasteiger partial charge in [0.15, 0.2) is 0 Å². The van der Waals surface area contributed by atoms with Crippen LogP contribution in [0.25, 0.3) is 0 Å². The van der Waals surface area contributed by atoms with Crippen molar-refractivity contribution in [3.05, 3.63) is 42.0 Å². The van der Waals surface area contributed by atoms with Crippen LogP contribution in [-0.4, -0.2) is 36.2 Å². The first-order valence-electron chi connectivity index (χ1n) is 7.47. The van der Waals surface area contributed by atoms with Crippen molar-refractivity contribution in [3.63, 3.8) is 0 Å². The molecule has 0 aromatic heterocycles. The highest BCUT2D eigenvalue weighted by molar-refractivity contribution is 8.00. The molecular formula is C17H24N2OS. The van der Waals surface area contributed by atoms with Gasteiger partial charge < -0.3 is 9.80 Å². The van der Waals surface area contributed by atoms with Crippen LogP contribution in [0.4, 0.5) is 5.69 Å². The summed E-state index contributed by atoms with van der Waals surface area (Å²) in [6, 6.07) is 8.61. The zero-order valence-electron chi connectivity index (χ0n) is 13.1. The zero-order valence-corrected chi connectivity index (χ0v) is 13.9. The van der Waals surface area contributed by atoms with Gasteiger partial charge >= 0.3 is 0 Å². The first-order chi connectivity index (χ1) is 10.1. The fraction of sp³-hybridized carbons (Fsp3) is 0.471. The van der Waals surface area contributed by atoms with Gasteiger partial charge in [-0.25, -0.2) is 0 Å². The molecule has 1 aliphatic heterocycles. The smallest absolute Gasteiger partial charge is 0.234 e. The Balaban J connectivity index is 2.17. The summed E-state index contributed by atoms with van der Waals surface area (Å²) in [5.41, 5.74) is 3.46. The fourth-order valence-electron chi connectivity index (χ4n) is 2.63. The van der Waals surface area contributed by atoms with E-state index < -0.39 is 0 Å². The Bertz CT molecular complexity index is 508. The van der Waals surface area contributed by atoms with Gasteiger partial charge in [-0.1, -0.05) is 24.3 Å². The predicted octanol–water partition coefficient (Wildman–Crippen LogP) is 3.68. The highest BCUT2D eigenvalue weighted by atomic mass is 32.2. The highest BCUT2D eigenvalue weighted by Crippen LogP contribution is 2.39. The van der Waals surface area contributed by atoms with Crippen LogP contribution in [-0.2, 0) is 4.79 Å². The van der Waals surface area contributed by atoms with Gasteiger partial charge in [-0.3, -0.25) is 4.79 Å². The average Bonchev–Trinajstić information content (AvgIpc) is 2.82. The van der Waals surface area contributed by atoms with Crippen molar-refractivity contribution in [1.29, 1.82) is 0 Å². The highest BCUT2D eigenvalue weighted by Gasteiger charge is 2.32. The maximum atomic E-state index is 12.0. The lowest BCUT2D eigenvalue weighted by molar-refractivity contribution is -0.127. The first kappa shape index (κ1) is 16.0. The second kappa shape index (κ2) is 7.03. The third kappa shape index (κ3) is 3.62. The summed E-state index contributed by atoms with van der Waals surface area (Å²) in [5.74, 6) is 0.774. The van der Waals surface area contributed by atoms with E-state index in [4.69, 9.17) is 0 Å². The van der Waals surface area contributed by atoms with E-state index in [0.29, 0.717) is 12.3 Å². The van der Waals surface area contributed by atoms with E-state index in [1.165, 1.54) is 11.3 Å². The molecule has 21 heavy (non-hydrogen) atoms. The summed E-state index contributed by atoms with van der Waals surface area (Å²) in [7, 11) is 0. The molecule has 0 bridgehead atoms. The standard InChI is InChI=1S/C17H24N2OS/c1-5-18(6-2)15-9-7-14(8-10-15)17-19(11-13(3)4)16(20)12-21-17/h7-10,17H,3,5-6,11-12H2,1-2,4H3. The summed E-state index contributed by atoms with van der Waals surface area (Å²) in [6.45, 7) is 12.9. The monoisotopic (exact) mass is 304 g/mol. The molecule has 1 unspecified atom stereocenters. The second-order valence-corrected chi connectivity index (χ2v) is 6.47. The van der Waals surface area contributed by atoms with Crippen LogP contribution in [0.15, 0.2) is 36.4 Å². The van der Waals surface area contributed by atoms with Gasteiger partial charge in [0.25, 0.3) is 0 Å². The topological polar surface area (TPSA) is 23.6 Å². The van der Waals surface area contributed by atoms with Crippen LogP contribution in [0.2, 0.25) is 0 Å². The van der Waals surface area contributed by atoms with E-state index in [2.05, 4.69) is 49.6 Å². The molecule has 0 aliphatic carbocycles. The van der Waals surface area contributed by atoms with Gasteiger partial charge in [-0.05, 0) is 38.5 Å². The molecule has 1 fully saturated rings. The van der Waals surface area contributed by atoms with Crippen LogP contribution >= 0.6 is 11.8 Å². The van der Waals surface area contributed by atoms with Gasteiger partial charge in [-0.15, -0.1) is 11.8 Å². The number of amides is 1. The van der Waals surface area contributed by atoms with Crippen LogP contribution < -0.4 is 4.90 Å². The van der Waals surface area contributed by atoms with Crippen molar-refractivity contribution < 1.29 is 4.79 Å². The second-order valence-electron chi connectivity index (χ2n) is 5.41. The molecule has 0 spiro atoms. The number of hydrogen-bond donors (Lipinski definition) is 0. The Labute approximate surface area is 132 Å². The summed E-state index contributed by atoms with van der Waals surface area (Å²) in [5, 5.41) is 0.125. The van der Waals surface area contributed by atoms with Gasteiger partial charge in [0.1, 0.15) is 5.37 Å². The Morgan fingerprint density at radius 1 is 1.33 bits per heavy atom. The number of carbonyl (C=O) groups excluding carboxylic acids is 1. The molecule has 0 radical (unpaired) electrons. The van der Waals surface area contributed by atoms with E-state index in [1.54, 1.807) is 11.8 Å². The normalized spacial score (nSPS) is 18.1. The van der Waals surface area contributed by atoms with Crippen molar-refractivity contribution in [1.82, 2.24) is 4.90 Å². The van der Waals surface area contributed by atoms with Crippen LogP contribution in [0.1, 0.15) is 31.7 Å². The fourth-order valence-corrected chi connectivity index (χ4v) is 3.82. The molecule has 0 N–H and O–H groups in total. The molecule has 1 heterocycles. The number of anilines is 1. The van der Waals surface area contributed by atoms with E-state index in [0.717, 1.165) is 18.7 Å². The molecule has 1 aromatic rings. The minimum absolute atomic E-state index is 0.125. The number of hydrogen-bond acceptors (Lipinski definition) is 3. The summed E-state index contributed by atoms with van der Waals surface area (Å²) < 4.78 is 0. The van der Waals surface area contributed by atoms with E-state index in [1.807, 2.05) is 11.8 Å². The Kier molecular flexibility index (Phi) is 5.34. The Morgan fingerprint density at radius 2 is 1.95 bits per heavy atom. The zero-order chi connectivity index (χ0) is 15.4. The van der Waals surface area contributed by atoms with Gasteiger partial charge in [0.05, 0.1) is 5.75 Å². The SMILES string of the molecule is C=C(C)CN1C(=O)CSC1c1ccc(N(CC)CC)cc1. The Morgan fingerprint density at radius 3 is 2.48 bits per heavy atom. The van der Waals surface area contributed by atoms with Crippen molar-refractivity contribution >= 4 is 23.4 Å². The Hall–Kier alpha value is -1.42. The summed E-state index contributed by atoms with van der Waals surface area (Å²) >= 11 is 1.70.